The first kappa shape index (κ1) is 48.7. The largest absolute Gasteiger partial charge is 0.522 e. The number of aliphatic hydroxyl groups excluding tert-OH is 1. The highest BCUT2D eigenvalue weighted by atomic mass is 32.2. The van der Waals surface area contributed by atoms with Crippen molar-refractivity contribution in [3.8, 4) is 0 Å². The Labute approximate surface area is 350 Å². The fraction of sp³-hybridized carbons (Fsp3) is 0.406. The number of alkyl halides is 9. The average Bonchev–Trinajstić information content (AvgIpc) is 3.98. The van der Waals surface area contributed by atoms with Gasteiger partial charge < -0.3 is 15.3 Å². The maximum absolute atomic E-state index is 12.9. The van der Waals surface area contributed by atoms with Gasteiger partial charge in [0.2, 0.25) is 16.0 Å². The summed E-state index contributed by atoms with van der Waals surface area (Å²) in [6, 6.07) is 8.79. The zero-order valence-corrected chi connectivity index (χ0v) is 34.6. The summed E-state index contributed by atoms with van der Waals surface area (Å²) in [7, 11) is -14.3. The van der Waals surface area contributed by atoms with Crippen LogP contribution in [0.3, 0.4) is 0 Å². The normalized spacial score (nSPS) is 15.0. The number of fused-ring (bicyclic) bond motifs is 2. The van der Waals surface area contributed by atoms with Gasteiger partial charge in [-0.25, -0.2) is 0 Å². The second-order valence-corrected chi connectivity index (χ2v) is 18.5. The molecule has 0 unspecified atom stereocenters. The van der Waals surface area contributed by atoms with E-state index in [4.69, 9.17) is 13.0 Å². The van der Waals surface area contributed by atoms with Crippen LogP contribution >= 0.6 is 0 Å². The van der Waals surface area contributed by atoms with Crippen molar-refractivity contribution < 1.29 is 79.2 Å². The third-order valence-electron chi connectivity index (χ3n) is 8.77. The zero-order valence-electron chi connectivity index (χ0n) is 32.1. The molecule has 0 radical (unpaired) electrons. The van der Waals surface area contributed by atoms with Gasteiger partial charge >= 0.3 is 48.0 Å². The second kappa shape index (κ2) is 17.7. The lowest BCUT2D eigenvalue weighted by molar-refractivity contribution is -0.143. The average molecular weight is 969 g/mol. The predicted octanol–water partition coefficient (Wildman–Crippen LogP) is 2.99. The molecule has 0 saturated heterocycles. The third-order valence-corrected chi connectivity index (χ3v) is 12.5. The number of halogens is 9. The van der Waals surface area contributed by atoms with Crippen LogP contribution in [0.4, 0.5) is 39.5 Å². The molecule has 31 heteroatoms. The van der Waals surface area contributed by atoms with Crippen molar-refractivity contribution >= 4 is 36.1 Å². The van der Waals surface area contributed by atoms with Crippen LogP contribution in [-0.2, 0) is 74.2 Å². The number of nitrogens with one attached hydrogen (secondary N) is 1. The topological polar surface area (TPSA) is 246 Å². The van der Waals surface area contributed by atoms with Crippen LogP contribution < -0.4 is 5.32 Å². The number of carbonyl (C=O) groups excluding carboxylic acids is 1. The van der Waals surface area contributed by atoms with Gasteiger partial charge in [-0.2, -0.15) is 93.3 Å². The molecule has 7 rings (SSSR count). The number of hydrogen-bond acceptors (Lipinski definition) is 13. The van der Waals surface area contributed by atoms with Crippen LogP contribution in [0.25, 0.3) is 0 Å². The van der Waals surface area contributed by atoms with Crippen molar-refractivity contribution in [1.29, 1.82) is 0 Å². The Morgan fingerprint density at radius 2 is 1.16 bits per heavy atom. The van der Waals surface area contributed by atoms with Crippen LogP contribution in [0.1, 0.15) is 45.1 Å². The van der Waals surface area contributed by atoms with Gasteiger partial charge in [-0.3, -0.25) is 18.7 Å². The Hall–Kier alpha value is -5.37. The van der Waals surface area contributed by atoms with Gasteiger partial charge in [0.1, 0.15) is 13.1 Å². The van der Waals surface area contributed by atoms with Crippen LogP contribution in [-0.4, -0.2) is 108 Å². The lowest BCUT2D eigenvalue weighted by Crippen LogP contribution is -2.33. The molecule has 5 aromatic rings. The summed E-state index contributed by atoms with van der Waals surface area (Å²) in [6.07, 6.45) is -4.37. The standard InChI is InChI=1S/C20H20F3N5O4S.C11H12F3N5O2S.CHF3O3S/c1-13-7-27(12-20(21,22)23)25-18(13)33(31,32)28-9-15-8-26(10-17(15)24-28)19(30)16(11-29)14-5-3-2-4-6-14;1-7-4-18(6-11(12,13)14)17-10(7)22(20,21)19-5-8-2-15-3-9(8)16-19;2-1(3,4)8(5,6)7/h2-7,9,16,29H,8,10-12H2,1H3;4-5,15H,2-3,6H2,1H3;(H,5,6,7)/t16-;;/m1../s1. The molecular weight excluding hydrogens is 936 g/mol. The van der Waals surface area contributed by atoms with Crippen LogP contribution in [0.2, 0.25) is 0 Å². The number of aryl methyl sites for hydroxylation is 2. The SMILES string of the molecule is Cc1cn(CC(F)(F)F)nc1S(=O)(=O)n1cc2c(n1)CN(C(=O)[C@H](CO)c1ccccc1)C2.Cc1cn(CC(F)(F)F)nc1S(=O)(=O)n1cc2c(n1)CNC2.O=S(=O)(O)C(F)(F)F. The fourth-order valence-electron chi connectivity index (χ4n) is 6.02. The number of nitrogens with zero attached hydrogens (tertiary/aromatic N) is 9. The van der Waals surface area contributed by atoms with Crippen LogP contribution in [0, 0.1) is 13.8 Å². The molecule has 19 nitrogen and oxygen atoms in total. The minimum Gasteiger partial charge on any atom is -0.395 e. The van der Waals surface area contributed by atoms with E-state index in [1.807, 2.05) is 0 Å². The lowest BCUT2D eigenvalue weighted by Gasteiger charge is -2.22. The maximum Gasteiger partial charge on any atom is 0.522 e. The molecule has 2 aliphatic rings. The number of benzene rings is 1. The molecule has 4 aromatic heterocycles. The van der Waals surface area contributed by atoms with Gasteiger partial charge in [-0.15, -0.1) is 0 Å². The monoisotopic (exact) mass is 968 g/mol. The summed E-state index contributed by atoms with van der Waals surface area (Å²) in [5, 5.41) is 27.0. The minimum atomic E-state index is -5.84. The van der Waals surface area contributed by atoms with Crippen molar-refractivity contribution in [1.82, 2.24) is 48.1 Å². The predicted molar refractivity (Wildman–Crippen MR) is 194 cm³/mol. The molecule has 0 aliphatic carbocycles. The molecule has 0 saturated carbocycles. The van der Waals surface area contributed by atoms with E-state index in [2.05, 4.69) is 25.7 Å². The molecule has 1 amide bonds. The number of carbonyl (C=O) groups is 1. The highest BCUT2D eigenvalue weighted by Gasteiger charge is 2.44. The Balaban J connectivity index is 0.000000214. The molecular formula is C32H33F9N10O9S3. The summed E-state index contributed by atoms with van der Waals surface area (Å²) >= 11 is 0. The van der Waals surface area contributed by atoms with E-state index < -0.39 is 77.1 Å². The Morgan fingerprint density at radius 3 is 1.57 bits per heavy atom. The third kappa shape index (κ3) is 11.4. The van der Waals surface area contributed by atoms with E-state index in [0.717, 1.165) is 22.0 Å². The first-order chi connectivity index (χ1) is 28.9. The number of rotatable bonds is 9. The fourth-order valence-corrected chi connectivity index (χ4v) is 8.65. The molecule has 346 valence electrons. The molecule has 2 aliphatic heterocycles. The van der Waals surface area contributed by atoms with E-state index >= 15 is 0 Å². The van der Waals surface area contributed by atoms with Gasteiger partial charge in [-0.1, -0.05) is 30.3 Å². The maximum atomic E-state index is 12.9. The van der Waals surface area contributed by atoms with Crippen molar-refractivity contribution in [2.75, 3.05) is 6.61 Å². The zero-order chi connectivity index (χ0) is 47.1. The first-order valence-corrected chi connectivity index (χ1v) is 21.8. The molecule has 63 heavy (non-hydrogen) atoms. The number of hydrogen-bond donors (Lipinski definition) is 3. The van der Waals surface area contributed by atoms with Gasteiger partial charge in [0.15, 0.2) is 0 Å². The molecule has 6 heterocycles. The summed E-state index contributed by atoms with van der Waals surface area (Å²) in [4.78, 5) is 14.4. The molecule has 1 aromatic carbocycles. The second-order valence-electron chi connectivity index (χ2n) is 13.7. The molecule has 3 N–H and O–H groups in total. The highest BCUT2D eigenvalue weighted by molar-refractivity contribution is 7.90. The number of aromatic nitrogens is 8. The first-order valence-electron chi connectivity index (χ1n) is 17.5. The number of amides is 1. The minimum absolute atomic E-state index is 0.0432. The smallest absolute Gasteiger partial charge is 0.395 e. The van der Waals surface area contributed by atoms with E-state index in [-0.39, 0.29) is 36.7 Å². The van der Waals surface area contributed by atoms with Gasteiger partial charge in [-0.05, 0) is 19.4 Å². The van der Waals surface area contributed by atoms with Crippen LogP contribution in [0.5, 0.6) is 0 Å². The van der Waals surface area contributed by atoms with Crippen molar-refractivity contribution in [3.05, 3.63) is 94.3 Å². The molecule has 0 spiro atoms. The Bertz CT molecular complexity index is 2760. The van der Waals surface area contributed by atoms with E-state index in [1.54, 1.807) is 30.3 Å². The van der Waals surface area contributed by atoms with Crippen molar-refractivity contribution in [2.24, 2.45) is 0 Å². The number of aliphatic hydroxyl groups is 1. The summed E-state index contributed by atoms with van der Waals surface area (Å²) < 4.78 is 186. The van der Waals surface area contributed by atoms with Gasteiger partial charge in [0.25, 0.3) is 0 Å². The van der Waals surface area contributed by atoms with E-state index in [0.29, 0.717) is 49.1 Å². The van der Waals surface area contributed by atoms with E-state index in [9.17, 15) is 66.3 Å². The Kier molecular flexibility index (Phi) is 13.6. The van der Waals surface area contributed by atoms with Gasteiger partial charge in [0.05, 0.1) is 30.5 Å². The quantitative estimate of drug-likeness (QED) is 0.109. The van der Waals surface area contributed by atoms with Gasteiger partial charge in [0, 0.05) is 66.7 Å². The van der Waals surface area contributed by atoms with Crippen molar-refractivity contribution in [3.63, 3.8) is 0 Å². The van der Waals surface area contributed by atoms with Crippen molar-refractivity contribution in [2.45, 2.75) is 86.9 Å². The van der Waals surface area contributed by atoms with Crippen LogP contribution in [0.15, 0.2) is 65.2 Å². The highest BCUT2D eigenvalue weighted by Crippen LogP contribution is 2.29. The molecule has 0 fully saturated rings. The van der Waals surface area contributed by atoms with E-state index in [1.165, 1.54) is 31.1 Å². The molecule has 1 atom stereocenters. The summed E-state index contributed by atoms with van der Waals surface area (Å²) in [5.74, 6) is -1.08. The summed E-state index contributed by atoms with van der Waals surface area (Å²) in [6.45, 7) is 0.702. The Morgan fingerprint density at radius 1 is 0.698 bits per heavy atom. The summed E-state index contributed by atoms with van der Waals surface area (Å²) in [5.41, 5.74) is -2.49. The molecule has 0 bridgehead atoms. The lowest BCUT2D eigenvalue weighted by atomic mass is 9.98.